The van der Waals surface area contributed by atoms with Crippen LogP contribution in [0.15, 0.2) is 94.7 Å². The molecule has 0 saturated carbocycles. The van der Waals surface area contributed by atoms with E-state index in [1.165, 1.54) is 60.3 Å². The summed E-state index contributed by atoms with van der Waals surface area (Å²) in [7, 11) is -2.62. The molecule has 1 N–H and O–H groups in total. The molecule has 40 heavy (non-hydrogen) atoms. The smallest absolute Gasteiger partial charge is 0.416 e. The number of nitrogens with one attached hydrogen (secondary N) is 1. The van der Waals surface area contributed by atoms with Crippen LogP contribution in [0, 0.1) is 6.92 Å². The van der Waals surface area contributed by atoms with Gasteiger partial charge in [0.25, 0.3) is 15.6 Å². The van der Waals surface area contributed by atoms with Crippen LogP contribution in [0.1, 0.15) is 11.4 Å². The third kappa shape index (κ3) is 5.25. The fourth-order valence-electron chi connectivity index (χ4n) is 4.27. The van der Waals surface area contributed by atoms with E-state index in [4.69, 9.17) is 4.74 Å². The number of hydrogen-bond donors (Lipinski definition) is 1. The number of aromatic nitrogens is 3. The zero-order valence-electron chi connectivity index (χ0n) is 21.1. The Labute approximate surface area is 226 Å². The highest BCUT2D eigenvalue weighted by Crippen LogP contribution is 2.35. The molecule has 0 aliphatic rings. The number of nitrogens with zero attached hydrogens (tertiary/aromatic N) is 3. The van der Waals surface area contributed by atoms with Gasteiger partial charge < -0.3 is 4.74 Å². The van der Waals surface area contributed by atoms with Crippen molar-refractivity contribution in [2.24, 2.45) is 0 Å². The van der Waals surface area contributed by atoms with E-state index >= 15 is 0 Å². The van der Waals surface area contributed by atoms with Crippen molar-refractivity contribution in [3.63, 3.8) is 0 Å². The molecule has 204 valence electrons. The van der Waals surface area contributed by atoms with Gasteiger partial charge in [-0.1, -0.05) is 18.2 Å². The number of anilines is 1. The predicted molar refractivity (Wildman–Crippen MR) is 144 cm³/mol. The van der Waals surface area contributed by atoms with Crippen molar-refractivity contribution >= 4 is 26.7 Å². The van der Waals surface area contributed by atoms with Gasteiger partial charge >= 0.3 is 6.18 Å². The Morgan fingerprint density at radius 1 is 0.925 bits per heavy atom. The summed E-state index contributed by atoms with van der Waals surface area (Å²) in [5, 5.41) is 0.449. The van der Waals surface area contributed by atoms with Crippen molar-refractivity contribution in [1.82, 2.24) is 14.5 Å². The number of rotatable bonds is 6. The third-order valence-corrected chi connectivity index (χ3v) is 7.49. The van der Waals surface area contributed by atoms with Gasteiger partial charge in [-0.15, -0.1) is 0 Å². The van der Waals surface area contributed by atoms with Crippen molar-refractivity contribution in [2.45, 2.75) is 18.0 Å². The van der Waals surface area contributed by atoms with Crippen LogP contribution in [0.2, 0.25) is 0 Å². The van der Waals surface area contributed by atoms with E-state index in [2.05, 4.69) is 14.7 Å². The average molecular weight is 567 g/mol. The van der Waals surface area contributed by atoms with Crippen molar-refractivity contribution < 1.29 is 26.3 Å². The van der Waals surface area contributed by atoms with Crippen LogP contribution in [0.25, 0.3) is 27.7 Å². The lowest BCUT2D eigenvalue weighted by atomic mass is 10.0. The SMILES string of the molecule is COc1cc(-c2cccc(C(F)(F)F)c2)ccc1-n1c(=O)ccc2cc(S(=O)(=O)Nc3ccnc(C)n3)ccc21. The second-order valence-corrected chi connectivity index (χ2v) is 10.5. The molecule has 0 radical (unpaired) electrons. The van der Waals surface area contributed by atoms with Gasteiger partial charge in [-0.2, -0.15) is 13.2 Å². The molecular formula is C28H21F3N4O4S. The number of halogens is 3. The maximum atomic E-state index is 13.2. The summed E-state index contributed by atoms with van der Waals surface area (Å²) in [6.45, 7) is 1.63. The van der Waals surface area contributed by atoms with Crippen LogP contribution in [0.4, 0.5) is 19.0 Å². The molecule has 0 unspecified atom stereocenters. The fourth-order valence-corrected chi connectivity index (χ4v) is 5.30. The van der Waals surface area contributed by atoms with Gasteiger partial charge in [0, 0.05) is 17.6 Å². The molecule has 0 atom stereocenters. The number of sulfonamides is 1. The highest BCUT2D eigenvalue weighted by molar-refractivity contribution is 7.92. The van der Waals surface area contributed by atoms with Crippen molar-refractivity contribution in [3.8, 4) is 22.6 Å². The summed E-state index contributed by atoms with van der Waals surface area (Å²) in [6.07, 6.45) is -3.06. The van der Waals surface area contributed by atoms with Gasteiger partial charge in [-0.3, -0.25) is 14.1 Å². The summed E-state index contributed by atoms with van der Waals surface area (Å²) in [5.74, 6) is 0.751. The minimum absolute atomic E-state index is 0.0478. The molecule has 12 heteroatoms. The standard InChI is InChI=1S/C28H21F3N4O4S/c1-17-32-13-12-26(33-17)34-40(37,38)22-8-10-23-20(15-22)7-11-27(36)35(23)24-9-6-19(16-25(24)39-2)18-4-3-5-21(14-18)28(29,30)31/h3-16H,1-2H3,(H,32,33,34). The number of hydrogen-bond acceptors (Lipinski definition) is 6. The van der Waals surface area contributed by atoms with Gasteiger partial charge in [-0.25, -0.2) is 18.4 Å². The van der Waals surface area contributed by atoms with Crippen molar-refractivity contribution in [1.29, 1.82) is 0 Å². The zero-order chi connectivity index (χ0) is 28.7. The van der Waals surface area contributed by atoms with Gasteiger partial charge in [0.1, 0.15) is 17.4 Å². The number of alkyl halides is 3. The summed E-state index contributed by atoms with van der Waals surface area (Å²) in [5.41, 5.74) is 0.315. The van der Waals surface area contributed by atoms with Crippen molar-refractivity contribution in [2.75, 3.05) is 11.8 Å². The van der Waals surface area contributed by atoms with E-state index in [0.29, 0.717) is 33.5 Å². The Balaban J connectivity index is 1.57. The molecule has 8 nitrogen and oxygen atoms in total. The van der Waals surface area contributed by atoms with Crippen LogP contribution in [-0.2, 0) is 16.2 Å². The number of fused-ring (bicyclic) bond motifs is 1. The van der Waals surface area contributed by atoms with Gasteiger partial charge in [-0.05, 0) is 72.6 Å². The maximum absolute atomic E-state index is 13.2. The second kappa shape index (κ2) is 10.1. The lowest BCUT2D eigenvalue weighted by molar-refractivity contribution is -0.137. The molecule has 5 rings (SSSR count). The lowest BCUT2D eigenvalue weighted by Gasteiger charge is -2.16. The van der Waals surface area contributed by atoms with E-state index in [-0.39, 0.29) is 16.5 Å². The number of benzene rings is 3. The molecule has 0 bridgehead atoms. The van der Waals surface area contributed by atoms with E-state index in [0.717, 1.165) is 12.1 Å². The molecule has 2 aromatic heterocycles. The zero-order valence-corrected chi connectivity index (χ0v) is 21.9. The Hall–Kier alpha value is -4.71. The Morgan fingerprint density at radius 3 is 2.42 bits per heavy atom. The summed E-state index contributed by atoms with van der Waals surface area (Å²) in [6, 6.07) is 18.1. The Kier molecular flexibility index (Phi) is 6.80. The first-order valence-electron chi connectivity index (χ1n) is 11.8. The first kappa shape index (κ1) is 26.9. The normalized spacial score (nSPS) is 11.9. The van der Waals surface area contributed by atoms with Crippen LogP contribution in [0.3, 0.4) is 0 Å². The predicted octanol–water partition coefficient (Wildman–Crippen LogP) is 5.58. The van der Waals surface area contributed by atoms with E-state index < -0.39 is 27.3 Å². The largest absolute Gasteiger partial charge is 0.495 e. The molecule has 0 spiro atoms. The van der Waals surface area contributed by atoms with Crippen LogP contribution in [-0.4, -0.2) is 30.1 Å². The molecule has 0 aliphatic heterocycles. The van der Waals surface area contributed by atoms with Crippen LogP contribution in [0.5, 0.6) is 5.75 Å². The fraction of sp³-hybridized carbons (Fsp3) is 0.107. The lowest BCUT2D eigenvalue weighted by Crippen LogP contribution is -2.19. The highest BCUT2D eigenvalue weighted by atomic mass is 32.2. The van der Waals surface area contributed by atoms with E-state index in [1.54, 1.807) is 31.2 Å². The molecule has 0 saturated heterocycles. The molecule has 3 aromatic carbocycles. The first-order valence-corrected chi connectivity index (χ1v) is 13.3. The number of aryl methyl sites for hydroxylation is 1. The molecule has 5 aromatic rings. The minimum Gasteiger partial charge on any atom is -0.495 e. The molecule has 0 fully saturated rings. The summed E-state index contributed by atoms with van der Waals surface area (Å²) >= 11 is 0. The van der Waals surface area contributed by atoms with Gasteiger partial charge in [0.2, 0.25) is 0 Å². The highest BCUT2D eigenvalue weighted by Gasteiger charge is 2.30. The average Bonchev–Trinajstić information content (AvgIpc) is 2.92. The number of pyridine rings is 1. The van der Waals surface area contributed by atoms with Gasteiger partial charge in [0.05, 0.1) is 28.8 Å². The van der Waals surface area contributed by atoms with Crippen LogP contribution >= 0.6 is 0 Å². The second-order valence-electron chi connectivity index (χ2n) is 8.79. The minimum atomic E-state index is -4.49. The number of ether oxygens (including phenoxy) is 1. The summed E-state index contributed by atoms with van der Waals surface area (Å²) < 4.78 is 75.0. The first-order chi connectivity index (χ1) is 19.0. The van der Waals surface area contributed by atoms with Gasteiger partial charge in [0.15, 0.2) is 0 Å². The van der Waals surface area contributed by atoms with E-state index in [1.807, 2.05) is 0 Å². The Bertz CT molecular complexity index is 1920. The topological polar surface area (TPSA) is 103 Å². The third-order valence-electron chi connectivity index (χ3n) is 6.13. The quantitative estimate of drug-likeness (QED) is 0.288. The molecule has 0 aliphatic carbocycles. The summed E-state index contributed by atoms with van der Waals surface area (Å²) in [4.78, 5) is 21.0. The van der Waals surface area contributed by atoms with Crippen molar-refractivity contribution in [3.05, 3.63) is 107 Å². The molecule has 0 amide bonds. The molecule has 2 heterocycles. The van der Waals surface area contributed by atoms with Crippen LogP contribution < -0.4 is 15.0 Å². The number of methoxy groups -OCH3 is 1. The maximum Gasteiger partial charge on any atom is 0.416 e. The van der Waals surface area contributed by atoms with E-state index in [9.17, 15) is 26.4 Å². The molecular weight excluding hydrogens is 545 g/mol. The monoisotopic (exact) mass is 566 g/mol. The Morgan fingerprint density at radius 2 is 1.70 bits per heavy atom.